The van der Waals surface area contributed by atoms with Gasteiger partial charge in [0.25, 0.3) is 0 Å². The first-order valence-corrected chi connectivity index (χ1v) is 7.25. The van der Waals surface area contributed by atoms with Crippen LogP contribution >= 0.6 is 0 Å². The van der Waals surface area contributed by atoms with Gasteiger partial charge < -0.3 is 9.09 Å². The van der Waals surface area contributed by atoms with Gasteiger partial charge in [0.15, 0.2) is 0 Å². The van der Waals surface area contributed by atoms with Crippen LogP contribution < -0.4 is 0 Å². The lowest BCUT2D eigenvalue weighted by Gasteiger charge is -2.22. The van der Waals surface area contributed by atoms with Crippen LogP contribution in [0.1, 0.15) is 31.4 Å². The third-order valence-corrected chi connectivity index (χ3v) is 3.99. The summed E-state index contributed by atoms with van der Waals surface area (Å²) in [7, 11) is 2.08. The molecule has 5 heteroatoms. The number of rotatable bonds is 5. The molecule has 0 aliphatic heterocycles. The van der Waals surface area contributed by atoms with Crippen molar-refractivity contribution in [2.24, 2.45) is 0 Å². The first-order chi connectivity index (χ1) is 10.2. The van der Waals surface area contributed by atoms with E-state index in [9.17, 15) is 0 Å². The van der Waals surface area contributed by atoms with Crippen molar-refractivity contribution in [2.75, 3.05) is 7.05 Å². The Morgan fingerprint density at radius 1 is 1.29 bits per heavy atom. The summed E-state index contributed by atoms with van der Waals surface area (Å²) >= 11 is 0. The summed E-state index contributed by atoms with van der Waals surface area (Å²) in [6, 6.07) is 10.4. The fourth-order valence-electron chi connectivity index (χ4n) is 2.62. The second-order valence-electron chi connectivity index (χ2n) is 5.28. The smallest absolute Gasteiger partial charge is 0.124 e. The lowest BCUT2D eigenvalue weighted by atomic mass is 10.2. The molecule has 0 aliphatic rings. The number of benzene rings is 1. The van der Waals surface area contributed by atoms with Crippen molar-refractivity contribution in [3.63, 3.8) is 0 Å². The molecular formula is C16H20N4O. The molecule has 0 bridgehead atoms. The van der Waals surface area contributed by atoms with Gasteiger partial charge in [0.2, 0.25) is 0 Å². The maximum Gasteiger partial charge on any atom is 0.124 e. The molecule has 0 N–H and O–H groups in total. The van der Waals surface area contributed by atoms with Gasteiger partial charge in [-0.15, -0.1) is 0 Å². The van der Waals surface area contributed by atoms with Crippen molar-refractivity contribution in [3.8, 4) is 0 Å². The Labute approximate surface area is 124 Å². The second-order valence-corrected chi connectivity index (χ2v) is 5.28. The molecule has 2 aromatic heterocycles. The van der Waals surface area contributed by atoms with E-state index in [2.05, 4.69) is 53.7 Å². The van der Waals surface area contributed by atoms with Crippen molar-refractivity contribution in [1.82, 2.24) is 19.6 Å². The van der Waals surface area contributed by atoms with Gasteiger partial charge in [0.1, 0.15) is 17.8 Å². The van der Waals surface area contributed by atoms with Gasteiger partial charge in [-0.2, -0.15) is 0 Å². The molecule has 5 nitrogen and oxygen atoms in total. The van der Waals surface area contributed by atoms with Crippen LogP contribution in [0, 0.1) is 0 Å². The van der Waals surface area contributed by atoms with E-state index in [1.165, 1.54) is 5.52 Å². The molecular weight excluding hydrogens is 264 g/mol. The average Bonchev–Trinajstić information content (AvgIpc) is 3.13. The van der Waals surface area contributed by atoms with Crippen LogP contribution in [0.5, 0.6) is 0 Å². The maximum atomic E-state index is 4.93. The molecule has 3 aromatic rings. The Balaban J connectivity index is 1.87. The van der Waals surface area contributed by atoms with Gasteiger partial charge in [-0.1, -0.05) is 17.3 Å². The van der Waals surface area contributed by atoms with Gasteiger partial charge in [-0.3, -0.25) is 4.90 Å². The highest BCUT2D eigenvalue weighted by molar-refractivity contribution is 5.75. The van der Waals surface area contributed by atoms with Crippen molar-refractivity contribution in [1.29, 1.82) is 0 Å². The molecule has 0 saturated carbocycles. The van der Waals surface area contributed by atoms with Gasteiger partial charge in [-0.25, -0.2) is 4.98 Å². The van der Waals surface area contributed by atoms with E-state index in [1.807, 2.05) is 12.1 Å². The number of fused-ring (bicyclic) bond motifs is 1. The highest BCUT2D eigenvalue weighted by atomic mass is 16.5. The number of hydrogen-bond acceptors (Lipinski definition) is 4. The minimum Gasteiger partial charge on any atom is -0.364 e. The van der Waals surface area contributed by atoms with Crippen molar-refractivity contribution in [2.45, 2.75) is 33.0 Å². The Bertz CT molecular complexity index is 717. The van der Waals surface area contributed by atoms with Crippen LogP contribution in [0.15, 0.2) is 41.1 Å². The fourth-order valence-corrected chi connectivity index (χ4v) is 2.62. The Kier molecular flexibility index (Phi) is 3.75. The summed E-state index contributed by atoms with van der Waals surface area (Å²) in [6.07, 6.45) is 1.61. The maximum absolute atomic E-state index is 4.93. The summed E-state index contributed by atoms with van der Waals surface area (Å²) in [5, 5.41) is 4.02. The molecule has 2 heterocycles. The van der Waals surface area contributed by atoms with Crippen LogP contribution in [0.25, 0.3) is 11.0 Å². The lowest BCUT2D eigenvalue weighted by Crippen LogP contribution is -2.24. The quantitative estimate of drug-likeness (QED) is 0.721. The van der Waals surface area contributed by atoms with Gasteiger partial charge in [-0.05, 0) is 33.0 Å². The van der Waals surface area contributed by atoms with Crippen LogP contribution in [0.3, 0.4) is 0 Å². The monoisotopic (exact) mass is 284 g/mol. The zero-order valence-electron chi connectivity index (χ0n) is 12.7. The first kappa shape index (κ1) is 13.8. The van der Waals surface area contributed by atoms with E-state index >= 15 is 0 Å². The molecule has 0 fully saturated rings. The van der Waals surface area contributed by atoms with Crippen molar-refractivity contribution < 1.29 is 4.52 Å². The summed E-state index contributed by atoms with van der Waals surface area (Å²) < 4.78 is 7.20. The molecule has 0 spiro atoms. The third kappa shape index (κ3) is 2.56. The van der Waals surface area contributed by atoms with E-state index in [1.54, 1.807) is 6.26 Å². The van der Waals surface area contributed by atoms with Gasteiger partial charge in [0.05, 0.1) is 23.6 Å². The SMILES string of the molecule is CCn1c(CN(C)[C@@H](C)c2ccon2)nc2ccccc21. The largest absolute Gasteiger partial charge is 0.364 e. The standard InChI is InChI=1S/C16H20N4O/c1-4-20-15-8-6-5-7-14(15)17-16(20)11-19(3)12(2)13-9-10-21-18-13/h5-10,12H,4,11H2,1-3H3/t12-/m0/s1. The molecule has 0 aliphatic carbocycles. The minimum absolute atomic E-state index is 0.189. The molecule has 1 atom stereocenters. The first-order valence-electron chi connectivity index (χ1n) is 7.25. The number of aryl methyl sites for hydroxylation is 1. The van der Waals surface area contributed by atoms with Crippen LogP contribution in [-0.4, -0.2) is 26.7 Å². The zero-order valence-corrected chi connectivity index (χ0v) is 12.7. The highest BCUT2D eigenvalue weighted by Gasteiger charge is 2.17. The molecule has 0 amide bonds. The van der Waals surface area contributed by atoms with E-state index in [0.29, 0.717) is 0 Å². The molecule has 21 heavy (non-hydrogen) atoms. The van der Waals surface area contributed by atoms with Crippen LogP contribution in [0.4, 0.5) is 0 Å². The van der Waals surface area contributed by atoms with Crippen molar-refractivity contribution in [3.05, 3.63) is 48.1 Å². The van der Waals surface area contributed by atoms with Crippen LogP contribution in [-0.2, 0) is 13.1 Å². The van der Waals surface area contributed by atoms with E-state index < -0.39 is 0 Å². The van der Waals surface area contributed by atoms with E-state index in [4.69, 9.17) is 9.51 Å². The Morgan fingerprint density at radius 3 is 2.81 bits per heavy atom. The minimum atomic E-state index is 0.189. The third-order valence-electron chi connectivity index (χ3n) is 3.99. The Morgan fingerprint density at radius 2 is 2.10 bits per heavy atom. The molecule has 0 unspecified atom stereocenters. The normalized spacial score (nSPS) is 13.1. The Hall–Kier alpha value is -2.14. The summed E-state index contributed by atoms with van der Waals surface area (Å²) in [5.41, 5.74) is 3.19. The number of nitrogens with zero attached hydrogens (tertiary/aromatic N) is 4. The molecule has 110 valence electrons. The summed E-state index contributed by atoms with van der Waals surface area (Å²) in [4.78, 5) is 6.99. The zero-order chi connectivity index (χ0) is 14.8. The predicted molar refractivity (Wildman–Crippen MR) is 81.8 cm³/mol. The number of aromatic nitrogens is 3. The topological polar surface area (TPSA) is 47.1 Å². The molecule has 0 saturated heterocycles. The lowest BCUT2D eigenvalue weighted by molar-refractivity contribution is 0.233. The van der Waals surface area contributed by atoms with Gasteiger partial charge >= 0.3 is 0 Å². The molecule has 0 radical (unpaired) electrons. The average molecular weight is 284 g/mol. The molecule has 1 aromatic carbocycles. The number of hydrogen-bond donors (Lipinski definition) is 0. The second kappa shape index (κ2) is 5.69. The number of imidazole rings is 1. The predicted octanol–water partition coefficient (Wildman–Crippen LogP) is 3.24. The molecule has 3 rings (SSSR count). The highest BCUT2D eigenvalue weighted by Crippen LogP contribution is 2.21. The summed E-state index contributed by atoms with van der Waals surface area (Å²) in [6.45, 7) is 5.97. The number of para-hydroxylation sites is 2. The van der Waals surface area contributed by atoms with Crippen molar-refractivity contribution >= 4 is 11.0 Å². The fraction of sp³-hybridized carbons (Fsp3) is 0.375. The van der Waals surface area contributed by atoms with Crippen LogP contribution in [0.2, 0.25) is 0 Å². The van der Waals surface area contributed by atoms with E-state index in [-0.39, 0.29) is 6.04 Å². The van der Waals surface area contributed by atoms with Gasteiger partial charge in [0, 0.05) is 12.6 Å². The summed E-state index contributed by atoms with van der Waals surface area (Å²) in [5.74, 6) is 1.08. The van der Waals surface area contributed by atoms with E-state index in [0.717, 1.165) is 30.1 Å².